The Bertz CT molecular complexity index is 627. The molecular weight excluding hydrogens is 328 g/mol. The zero-order chi connectivity index (χ0) is 18.4. The number of primary amides is 1. The number of nitrogens with zero attached hydrogens (tertiary/aromatic N) is 4. The van der Waals surface area contributed by atoms with Gasteiger partial charge in [-0.05, 0) is 26.7 Å². The highest BCUT2D eigenvalue weighted by atomic mass is 16.5. The van der Waals surface area contributed by atoms with Crippen LogP contribution in [0.1, 0.15) is 43.2 Å². The highest BCUT2D eigenvalue weighted by molar-refractivity contribution is 5.88. The van der Waals surface area contributed by atoms with Crippen molar-refractivity contribution in [2.24, 2.45) is 11.7 Å². The third-order valence-electron chi connectivity index (χ3n) is 4.21. The van der Waals surface area contributed by atoms with Gasteiger partial charge in [0.1, 0.15) is 0 Å². The molecule has 0 saturated carbocycles. The van der Waals surface area contributed by atoms with Gasteiger partial charge in [0.05, 0.1) is 12.5 Å². The van der Waals surface area contributed by atoms with Crippen LogP contribution in [-0.2, 0) is 11.3 Å². The molecule has 1 unspecified atom stereocenters. The van der Waals surface area contributed by atoms with Crippen molar-refractivity contribution >= 4 is 17.8 Å². The van der Waals surface area contributed by atoms with Gasteiger partial charge in [0, 0.05) is 26.2 Å². The van der Waals surface area contributed by atoms with Crippen molar-refractivity contribution in [3.8, 4) is 0 Å². The first-order chi connectivity index (χ1) is 12.0. The number of nitrogens with two attached hydrogens (primary N) is 1. The molecule has 1 saturated heterocycles. The molecule has 0 bridgehead atoms. The first kappa shape index (κ1) is 18.7. The van der Waals surface area contributed by atoms with Crippen LogP contribution in [0.5, 0.6) is 0 Å². The van der Waals surface area contributed by atoms with Crippen LogP contribution in [-0.4, -0.2) is 64.0 Å². The van der Waals surface area contributed by atoms with Crippen molar-refractivity contribution in [1.82, 2.24) is 25.3 Å². The van der Waals surface area contributed by atoms with E-state index in [0.717, 1.165) is 12.8 Å². The number of amides is 4. The normalized spacial score (nSPS) is 17.2. The Kier molecular flexibility index (Phi) is 6.31. The van der Waals surface area contributed by atoms with Crippen molar-refractivity contribution in [2.45, 2.75) is 33.2 Å². The fourth-order valence-electron chi connectivity index (χ4n) is 2.85. The number of nitrogens with one attached hydrogen (secondary N) is 1. The largest absolute Gasteiger partial charge is 0.363 e. The van der Waals surface area contributed by atoms with Crippen LogP contribution in [0.4, 0.5) is 4.79 Å². The van der Waals surface area contributed by atoms with Gasteiger partial charge >= 0.3 is 6.03 Å². The van der Waals surface area contributed by atoms with Gasteiger partial charge < -0.3 is 25.4 Å². The Labute approximate surface area is 145 Å². The molecule has 0 aromatic carbocycles. The highest BCUT2D eigenvalue weighted by Crippen LogP contribution is 2.19. The number of hydrogen-bond donors (Lipinski definition) is 2. The molecule has 1 aromatic heterocycles. The van der Waals surface area contributed by atoms with Crippen LogP contribution in [0.3, 0.4) is 0 Å². The van der Waals surface area contributed by atoms with Gasteiger partial charge in [0.25, 0.3) is 11.7 Å². The molecule has 0 radical (unpaired) electrons. The molecule has 2 rings (SSSR count). The Balaban J connectivity index is 1.88. The molecule has 10 nitrogen and oxygen atoms in total. The van der Waals surface area contributed by atoms with Gasteiger partial charge in [0.15, 0.2) is 0 Å². The fourth-order valence-corrected chi connectivity index (χ4v) is 2.85. The Hall–Kier alpha value is -2.65. The lowest BCUT2D eigenvalue weighted by molar-refractivity contribution is -0.136. The summed E-state index contributed by atoms with van der Waals surface area (Å²) in [6.45, 7) is 6.18. The van der Waals surface area contributed by atoms with Gasteiger partial charge in [-0.15, -0.1) is 0 Å². The lowest BCUT2D eigenvalue weighted by Gasteiger charge is -2.34. The van der Waals surface area contributed by atoms with Gasteiger partial charge in [0.2, 0.25) is 11.8 Å². The van der Waals surface area contributed by atoms with Crippen molar-refractivity contribution in [3.05, 3.63) is 11.7 Å². The van der Waals surface area contributed by atoms with E-state index in [1.165, 1.54) is 0 Å². The molecule has 3 N–H and O–H groups in total. The zero-order valence-electron chi connectivity index (χ0n) is 14.5. The van der Waals surface area contributed by atoms with Gasteiger partial charge in [-0.25, -0.2) is 4.79 Å². The molecule has 1 atom stereocenters. The molecule has 2 heterocycles. The second-order valence-electron chi connectivity index (χ2n) is 5.83. The maximum atomic E-state index is 12.5. The maximum absolute atomic E-state index is 12.5. The smallest absolute Gasteiger partial charge is 0.317 e. The summed E-state index contributed by atoms with van der Waals surface area (Å²) in [5.74, 6) is -1.02. The van der Waals surface area contributed by atoms with Crippen molar-refractivity contribution in [3.63, 3.8) is 0 Å². The third kappa shape index (κ3) is 4.68. The molecule has 10 heteroatoms. The fraction of sp³-hybridized carbons (Fsp3) is 0.667. The van der Waals surface area contributed by atoms with Gasteiger partial charge in [-0.3, -0.25) is 9.59 Å². The summed E-state index contributed by atoms with van der Waals surface area (Å²) >= 11 is 0. The Morgan fingerprint density at radius 3 is 2.68 bits per heavy atom. The number of aromatic nitrogens is 2. The zero-order valence-corrected chi connectivity index (χ0v) is 14.5. The number of likely N-dealkylation sites (tertiary alicyclic amines) is 1. The standard InChI is InChI=1S/C15H24N6O4/c1-3-20(4-2)14(23)10-6-5-7-21(9-10)15(24)17-8-11-18-13(12(16)22)19-25-11/h10H,3-9H2,1-2H3,(H2,16,22)(H,17,24). The van der Waals surface area contributed by atoms with E-state index >= 15 is 0 Å². The third-order valence-corrected chi connectivity index (χ3v) is 4.21. The van der Waals surface area contributed by atoms with Crippen LogP contribution in [0.25, 0.3) is 0 Å². The van der Waals surface area contributed by atoms with Crippen LogP contribution in [0, 0.1) is 5.92 Å². The first-order valence-corrected chi connectivity index (χ1v) is 8.40. The second-order valence-corrected chi connectivity index (χ2v) is 5.83. The molecule has 0 spiro atoms. The number of carbonyl (C=O) groups is 3. The summed E-state index contributed by atoms with van der Waals surface area (Å²) < 4.78 is 4.83. The Morgan fingerprint density at radius 1 is 1.36 bits per heavy atom. The molecule has 4 amide bonds. The lowest BCUT2D eigenvalue weighted by atomic mass is 9.96. The van der Waals surface area contributed by atoms with E-state index < -0.39 is 5.91 Å². The van der Waals surface area contributed by atoms with Crippen LogP contribution in [0.2, 0.25) is 0 Å². The van der Waals surface area contributed by atoms with Crippen LogP contribution in [0.15, 0.2) is 4.52 Å². The van der Waals surface area contributed by atoms with E-state index in [1.54, 1.807) is 9.80 Å². The topological polar surface area (TPSA) is 135 Å². The SMILES string of the molecule is CCN(CC)C(=O)C1CCCN(C(=O)NCc2nc(C(N)=O)no2)C1. The monoisotopic (exact) mass is 352 g/mol. The van der Waals surface area contributed by atoms with Crippen LogP contribution >= 0.6 is 0 Å². The quantitative estimate of drug-likeness (QED) is 0.737. The van der Waals surface area contributed by atoms with E-state index in [4.69, 9.17) is 10.3 Å². The summed E-state index contributed by atoms with van der Waals surface area (Å²) in [4.78, 5) is 42.8. The minimum atomic E-state index is -0.796. The minimum absolute atomic E-state index is 0.00965. The molecule has 1 aromatic rings. The van der Waals surface area contributed by atoms with Gasteiger partial charge in [-0.2, -0.15) is 4.98 Å². The summed E-state index contributed by atoms with van der Waals surface area (Å²) in [7, 11) is 0. The first-order valence-electron chi connectivity index (χ1n) is 8.40. The van der Waals surface area contributed by atoms with Crippen molar-refractivity contribution in [2.75, 3.05) is 26.2 Å². The summed E-state index contributed by atoms with van der Waals surface area (Å²) in [5, 5.41) is 6.06. The minimum Gasteiger partial charge on any atom is -0.363 e. The lowest BCUT2D eigenvalue weighted by Crippen LogP contribution is -2.49. The predicted molar refractivity (Wildman–Crippen MR) is 87.3 cm³/mol. The second kappa shape index (κ2) is 8.45. The molecule has 1 aliphatic rings. The van der Waals surface area contributed by atoms with E-state index in [9.17, 15) is 14.4 Å². The number of urea groups is 1. The average molecular weight is 352 g/mol. The molecule has 25 heavy (non-hydrogen) atoms. The highest BCUT2D eigenvalue weighted by Gasteiger charge is 2.30. The van der Waals surface area contributed by atoms with E-state index in [-0.39, 0.29) is 36.1 Å². The van der Waals surface area contributed by atoms with E-state index in [2.05, 4.69) is 15.5 Å². The number of hydrogen-bond acceptors (Lipinski definition) is 6. The van der Waals surface area contributed by atoms with E-state index in [1.807, 2.05) is 13.8 Å². The molecular formula is C15H24N6O4. The number of carbonyl (C=O) groups excluding carboxylic acids is 3. The molecule has 1 fully saturated rings. The van der Waals surface area contributed by atoms with Gasteiger partial charge in [-0.1, -0.05) is 5.16 Å². The van der Waals surface area contributed by atoms with Crippen molar-refractivity contribution < 1.29 is 18.9 Å². The number of piperidine rings is 1. The maximum Gasteiger partial charge on any atom is 0.317 e. The molecule has 138 valence electrons. The molecule has 0 aliphatic carbocycles. The van der Waals surface area contributed by atoms with E-state index in [0.29, 0.717) is 26.2 Å². The summed E-state index contributed by atoms with van der Waals surface area (Å²) in [6.07, 6.45) is 1.56. The Morgan fingerprint density at radius 2 is 2.08 bits per heavy atom. The van der Waals surface area contributed by atoms with Crippen molar-refractivity contribution in [1.29, 1.82) is 0 Å². The summed E-state index contributed by atoms with van der Waals surface area (Å²) in [5.41, 5.74) is 5.04. The predicted octanol–water partition coefficient (Wildman–Crippen LogP) is -0.0415. The summed E-state index contributed by atoms with van der Waals surface area (Å²) in [6, 6.07) is -0.309. The average Bonchev–Trinajstić information content (AvgIpc) is 3.10. The molecule has 1 aliphatic heterocycles. The number of rotatable bonds is 6. The van der Waals surface area contributed by atoms with Crippen LogP contribution < -0.4 is 11.1 Å².